The van der Waals surface area contributed by atoms with Crippen LogP contribution < -0.4 is 4.74 Å². The molecule has 0 spiro atoms. The quantitative estimate of drug-likeness (QED) is 0.628. The Morgan fingerprint density at radius 2 is 2.04 bits per heavy atom. The number of nitrogens with zero attached hydrogens (tertiary/aromatic N) is 1. The van der Waals surface area contributed by atoms with E-state index in [0.29, 0.717) is 22.9 Å². The highest BCUT2D eigenvalue weighted by Gasteiger charge is 2.26. The molecule has 0 fully saturated rings. The van der Waals surface area contributed by atoms with Crippen LogP contribution in [0.1, 0.15) is 18.1 Å². The molecule has 116 valence electrons. The number of rotatable bonds is 4. The van der Waals surface area contributed by atoms with Gasteiger partial charge in [0.1, 0.15) is 5.75 Å². The van der Waals surface area contributed by atoms with Crippen LogP contribution in [0.5, 0.6) is 5.75 Å². The second kappa shape index (κ2) is 6.67. The topological polar surface area (TPSA) is 47.9 Å². The Morgan fingerprint density at radius 1 is 1.22 bits per heavy atom. The first-order chi connectivity index (χ1) is 11.2. The summed E-state index contributed by atoms with van der Waals surface area (Å²) in [5.74, 6) is 0.379. The monoisotopic (exact) mass is 327 g/mol. The van der Waals surface area contributed by atoms with Gasteiger partial charge < -0.3 is 9.47 Å². The summed E-state index contributed by atoms with van der Waals surface area (Å²) in [6.45, 7) is 2.41. The molecule has 0 aromatic heterocycles. The average Bonchev–Trinajstić information content (AvgIpc) is 2.89. The molecule has 1 heterocycles. The predicted molar refractivity (Wildman–Crippen MR) is 89.7 cm³/mol. The van der Waals surface area contributed by atoms with Crippen molar-refractivity contribution in [2.24, 2.45) is 4.99 Å². The number of carbonyl (C=O) groups excluding carboxylic acids is 1. The Morgan fingerprint density at radius 3 is 2.83 bits per heavy atom. The zero-order chi connectivity index (χ0) is 16.2. The second-order valence-corrected chi connectivity index (χ2v) is 5.26. The van der Waals surface area contributed by atoms with Crippen LogP contribution in [0.3, 0.4) is 0 Å². The summed E-state index contributed by atoms with van der Waals surface area (Å²) < 4.78 is 10.8. The molecule has 23 heavy (non-hydrogen) atoms. The Kier molecular flexibility index (Phi) is 4.44. The van der Waals surface area contributed by atoms with Gasteiger partial charge >= 0.3 is 5.97 Å². The van der Waals surface area contributed by atoms with Gasteiger partial charge in [0.15, 0.2) is 5.70 Å². The molecule has 3 rings (SSSR count). The lowest BCUT2D eigenvalue weighted by Gasteiger charge is -2.08. The van der Waals surface area contributed by atoms with E-state index in [0.717, 1.165) is 5.56 Å². The number of hydrogen-bond donors (Lipinski definition) is 0. The van der Waals surface area contributed by atoms with Crippen LogP contribution in [-0.2, 0) is 9.53 Å². The van der Waals surface area contributed by atoms with E-state index in [-0.39, 0.29) is 11.6 Å². The van der Waals surface area contributed by atoms with E-state index < -0.39 is 5.97 Å². The van der Waals surface area contributed by atoms with E-state index in [1.807, 2.05) is 37.3 Å². The first kappa shape index (κ1) is 15.3. The fourth-order valence-corrected chi connectivity index (χ4v) is 2.40. The highest BCUT2D eigenvalue weighted by atomic mass is 35.5. The third kappa shape index (κ3) is 3.43. The van der Waals surface area contributed by atoms with Gasteiger partial charge in [0.2, 0.25) is 5.90 Å². The first-order valence-electron chi connectivity index (χ1n) is 7.17. The molecular formula is C18H14ClNO3. The molecule has 2 aromatic carbocycles. The summed E-state index contributed by atoms with van der Waals surface area (Å²) in [5.41, 5.74) is 1.67. The second-order valence-electron chi connectivity index (χ2n) is 4.82. The van der Waals surface area contributed by atoms with E-state index >= 15 is 0 Å². The van der Waals surface area contributed by atoms with Crippen molar-refractivity contribution in [2.45, 2.75) is 6.92 Å². The maximum Gasteiger partial charge on any atom is 0.363 e. The van der Waals surface area contributed by atoms with Crippen LogP contribution >= 0.6 is 11.6 Å². The molecule has 0 saturated carbocycles. The minimum atomic E-state index is -0.494. The Balaban J connectivity index is 1.96. The van der Waals surface area contributed by atoms with Gasteiger partial charge in [0.25, 0.3) is 0 Å². The zero-order valence-electron chi connectivity index (χ0n) is 12.5. The highest BCUT2D eigenvalue weighted by Crippen LogP contribution is 2.25. The standard InChI is InChI=1S/C18H14ClNO3/c1-2-22-16-9-4-3-8-14(16)17-20-15(18(21)23-17)11-12-6-5-7-13(19)10-12/h3-11H,2H2,1H3/b15-11+. The highest BCUT2D eigenvalue weighted by molar-refractivity contribution is 6.30. The maximum atomic E-state index is 12.0. The minimum absolute atomic E-state index is 0.230. The van der Waals surface area contributed by atoms with E-state index in [9.17, 15) is 4.79 Å². The number of hydrogen-bond acceptors (Lipinski definition) is 4. The van der Waals surface area contributed by atoms with Crippen molar-refractivity contribution in [3.8, 4) is 5.75 Å². The summed E-state index contributed by atoms with van der Waals surface area (Å²) >= 11 is 5.95. The Bertz CT molecular complexity index is 811. The van der Waals surface area contributed by atoms with E-state index in [1.165, 1.54) is 0 Å². The molecule has 0 aliphatic carbocycles. The molecule has 0 bridgehead atoms. The number of esters is 1. The third-order valence-electron chi connectivity index (χ3n) is 3.19. The first-order valence-corrected chi connectivity index (χ1v) is 7.55. The molecule has 0 unspecified atom stereocenters. The van der Waals surface area contributed by atoms with Crippen LogP contribution in [0.25, 0.3) is 6.08 Å². The molecular weight excluding hydrogens is 314 g/mol. The van der Waals surface area contributed by atoms with Gasteiger partial charge in [-0.1, -0.05) is 35.9 Å². The van der Waals surface area contributed by atoms with Crippen LogP contribution in [0.15, 0.2) is 59.2 Å². The molecule has 5 heteroatoms. The van der Waals surface area contributed by atoms with Gasteiger partial charge in [-0.05, 0) is 42.8 Å². The summed E-state index contributed by atoms with van der Waals surface area (Å²) in [6.07, 6.45) is 1.64. The SMILES string of the molecule is CCOc1ccccc1C1=N/C(=C/c2cccc(Cl)c2)C(=O)O1. The summed E-state index contributed by atoms with van der Waals surface area (Å²) in [7, 11) is 0. The zero-order valence-corrected chi connectivity index (χ0v) is 13.2. The van der Waals surface area contributed by atoms with Crippen LogP contribution in [0.2, 0.25) is 5.02 Å². The van der Waals surface area contributed by atoms with Crippen molar-refractivity contribution in [3.63, 3.8) is 0 Å². The summed E-state index contributed by atoms with van der Waals surface area (Å²) in [5, 5.41) is 0.594. The van der Waals surface area contributed by atoms with Gasteiger partial charge in [0.05, 0.1) is 12.2 Å². The molecule has 1 aliphatic heterocycles. The third-order valence-corrected chi connectivity index (χ3v) is 3.42. The largest absolute Gasteiger partial charge is 0.493 e. The fraction of sp³-hybridized carbons (Fsp3) is 0.111. The minimum Gasteiger partial charge on any atom is -0.493 e. The number of para-hydroxylation sites is 1. The molecule has 0 N–H and O–H groups in total. The molecule has 4 nitrogen and oxygen atoms in total. The van der Waals surface area contributed by atoms with E-state index in [2.05, 4.69) is 4.99 Å². The number of cyclic esters (lactones) is 1. The van der Waals surface area contributed by atoms with Gasteiger partial charge in [-0.2, -0.15) is 0 Å². The van der Waals surface area contributed by atoms with E-state index in [1.54, 1.807) is 24.3 Å². The number of carbonyl (C=O) groups is 1. The normalized spacial score (nSPS) is 15.5. The smallest absolute Gasteiger partial charge is 0.363 e. The number of benzene rings is 2. The van der Waals surface area contributed by atoms with Crippen molar-refractivity contribution in [2.75, 3.05) is 6.61 Å². The van der Waals surface area contributed by atoms with Crippen LogP contribution in [0.4, 0.5) is 0 Å². The molecule has 0 atom stereocenters. The molecule has 0 amide bonds. The lowest BCUT2D eigenvalue weighted by molar-refractivity contribution is -0.129. The van der Waals surface area contributed by atoms with Crippen molar-refractivity contribution in [3.05, 3.63) is 70.4 Å². The summed E-state index contributed by atoms with van der Waals surface area (Å²) in [6, 6.07) is 14.5. The van der Waals surface area contributed by atoms with Crippen molar-refractivity contribution < 1.29 is 14.3 Å². The number of ether oxygens (including phenoxy) is 2. The van der Waals surface area contributed by atoms with Crippen LogP contribution in [0, 0.1) is 0 Å². The average molecular weight is 328 g/mol. The molecule has 2 aromatic rings. The molecule has 1 aliphatic rings. The lowest BCUT2D eigenvalue weighted by Crippen LogP contribution is -2.07. The van der Waals surface area contributed by atoms with Crippen molar-refractivity contribution >= 4 is 29.5 Å². The predicted octanol–water partition coefficient (Wildman–Crippen LogP) is 4.08. The Labute approximate surface area is 139 Å². The van der Waals surface area contributed by atoms with Gasteiger partial charge in [-0.25, -0.2) is 9.79 Å². The van der Waals surface area contributed by atoms with Gasteiger partial charge in [-0.3, -0.25) is 0 Å². The van der Waals surface area contributed by atoms with Gasteiger partial charge in [0, 0.05) is 5.02 Å². The fourth-order valence-electron chi connectivity index (χ4n) is 2.20. The summed E-state index contributed by atoms with van der Waals surface area (Å²) in [4.78, 5) is 16.3. The Hall–Kier alpha value is -2.59. The van der Waals surface area contributed by atoms with Gasteiger partial charge in [-0.15, -0.1) is 0 Å². The van der Waals surface area contributed by atoms with Crippen molar-refractivity contribution in [1.29, 1.82) is 0 Å². The maximum absolute atomic E-state index is 12.0. The molecule has 0 radical (unpaired) electrons. The van der Waals surface area contributed by atoms with E-state index in [4.69, 9.17) is 21.1 Å². The number of halogens is 1. The van der Waals surface area contributed by atoms with Crippen LogP contribution in [-0.4, -0.2) is 18.5 Å². The molecule has 0 saturated heterocycles. The lowest BCUT2D eigenvalue weighted by atomic mass is 10.2. The number of aliphatic imine (C=N–C) groups is 1. The van der Waals surface area contributed by atoms with Crippen molar-refractivity contribution in [1.82, 2.24) is 0 Å².